The molecule has 1 atom stereocenters. The van der Waals surface area contributed by atoms with Crippen LogP contribution in [0.3, 0.4) is 0 Å². The second kappa shape index (κ2) is 5.68. The van der Waals surface area contributed by atoms with Gasteiger partial charge in [0.1, 0.15) is 11.9 Å². The molecule has 0 spiro atoms. The zero-order chi connectivity index (χ0) is 16.6. The van der Waals surface area contributed by atoms with Gasteiger partial charge in [-0.2, -0.15) is 0 Å². The van der Waals surface area contributed by atoms with E-state index < -0.39 is 12.1 Å². The molecule has 0 heterocycles. The summed E-state index contributed by atoms with van der Waals surface area (Å²) in [6.07, 6.45) is -1.17. The number of nitrogen functional groups attached to an aromatic ring is 1. The molecule has 0 saturated carbocycles. The fourth-order valence-corrected chi connectivity index (χ4v) is 2.11. The summed E-state index contributed by atoms with van der Waals surface area (Å²) < 4.78 is 5.31. The molecule has 4 heteroatoms. The highest BCUT2D eigenvalue weighted by Gasteiger charge is 2.26. The summed E-state index contributed by atoms with van der Waals surface area (Å²) in [5, 5.41) is 9.32. The fourth-order valence-electron chi connectivity index (χ4n) is 2.11. The Morgan fingerprint density at radius 3 is 1.95 bits per heavy atom. The third-order valence-electron chi connectivity index (χ3n) is 3.32. The van der Waals surface area contributed by atoms with E-state index in [-0.39, 0.29) is 10.8 Å². The Balaban J connectivity index is 3.44. The van der Waals surface area contributed by atoms with Crippen molar-refractivity contribution in [2.24, 2.45) is 0 Å². The molecule has 0 fully saturated rings. The van der Waals surface area contributed by atoms with Gasteiger partial charge in [0.2, 0.25) is 0 Å². The molecule has 1 aromatic carbocycles. The Kier molecular flexibility index (Phi) is 4.73. The SMILES string of the molecule is CC(O)C(=O)Oc1cc(N)c(C(C)(C)C)cc1C(C)(C)C. The number of nitrogens with two attached hydrogens (primary N) is 1. The highest BCUT2D eigenvalue weighted by atomic mass is 16.5. The maximum absolute atomic E-state index is 11.7. The van der Waals surface area contributed by atoms with Crippen LogP contribution in [0.4, 0.5) is 5.69 Å². The Labute approximate surface area is 127 Å². The van der Waals surface area contributed by atoms with Gasteiger partial charge in [-0.25, -0.2) is 4.79 Å². The number of hydrogen-bond donors (Lipinski definition) is 2. The van der Waals surface area contributed by atoms with Crippen molar-refractivity contribution in [2.75, 3.05) is 5.73 Å². The topological polar surface area (TPSA) is 72.5 Å². The zero-order valence-electron chi connectivity index (χ0n) is 14.1. The molecule has 3 N–H and O–H groups in total. The third kappa shape index (κ3) is 4.21. The number of benzene rings is 1. The Hall–Kier alpha value is -1.55. The normalized spacial score (nSPS) is 13.9. The molecule has 0 radical (unpaired) electrons. The van der Waals surface area contributed by atoms with E-state index in [1.54, 1.807) is 6.07 Å². The van der Waals surface area contributed by atoms with Crippen LogP contribution in [0.5, 0.6) is 5.75 Å². The zero-order valence-corrected chi connectivity index (χ0v) is 14.1. The number of aliphatic hydroxyl groups excluding tert-OH is 1. The van der Waals surface area contributed by atoms with E-state index >= 15 is 0 Å². The molecular formula is C17H27NO3. The van der Waals surface area contributed by atoms with Crippen molar-refractivity contribution in [3.05, 3.63) is 23.3 Å². The van der Waals surface area contributed by atoms with Gasteiger partial charge < -0.3 is 15.6 Å². The van der Waals surface area contributed by atoms with Gasteiger partial charge in [0.15, 0.2) is 0 Å². The van der Waals surface area contributed by atoms with Gasteiger partial charge in [-0.1, -0.05) is 41.5 Å². The van der Waals surface area contributed by atoms with Crippen LogP contribution in [-0.4, -0.2) is 17.2 Å². The van der Waals surface area contributed by atoms with E-state index in [2.05, 4.69) is 20.8 Å². The molecule has 4 nitrogen and oxygen atoms in total. The maximum atomic E-state index is 11.7. The van der Waals surface area contributed by atoms with Crippen molar-refractivity contribution in [1.29, 1.82) is 0 Å². The predicted octanol–water partition coefficient (Wildman–Crippen LogP) is 3.15. The monoisotopic (exact) mass is 293 g/mol. The minimum atomic E-state index is -1.17. The average molecular weight is 293 g/mol. The van der Waals surface area contributed by atoms with Crippen molar-refractivity contribution >= 4 is 11.7 Å². The number of aliphatic hydroxyl groups is 1. The smallest absolute Gasteiger partial charge is 0.340 e. The second-order valence-corrected chi connectivity index (χ2v) is 7.53. The molecule has 0 aromatic heterocycles. The van der Waals surface area contributed by atoms with Gasteiger partial charge in [0.25, 0.3) is 0 Å². The maximum Gasteiger partial charge on any atom is 0.340 e. The van der Waals surface area contributed by atoms with Crippen molar-refractivity contribution in [2.45, 2.75) is 65.4 Å². The van der Waals surface area contributed by atoms with E-state index in [9.17, 15) is 9.90 Å². The summed E-state index contributed by atoms with van der Waals surface area (Å²) in [4.78, 5) is 11.7. The number of carbonyl (C=O) groups is 1. The van der Waals surface area contributed by atoms with E-state index in [1.165, 1.54) is 6.92 Å². The van der Waals surface area contributed by atoms with Gasteiger partial charge in [-0.3, -0.25) is 0 Å². The molecule has 0 saturated heterocycles. The first-order valence-corrected chi connectivity index (χ1v) is 7.18. The summed E-state index contributed by atoms with van der Waals surface area (Å²) in [7, 11) is 0. The number of rotatable bonds is 2. The molecule has 0 aliphatic heterocycles. The minimum Gasteiger partial charge on any atom is -0.424 e. The van der Waals surface area contributed by atoms with Crippen molar-refractivity contribution in [3.8, 4) is 5.75 Å². The molecular weight excluding hydrogens is 266 g/mol. The summed E-state index contributed by atoms with van der Waals surface area (Å²) >= 11 is 0. The average Bonchev–Trinajstić information content (AvgIpc) is 2.25. The summed E-state index contributed by atoms with van der Waals surface area (Å²) in [6, 6.07) is 3.68. The lowest BCUT2D eigenvalue weighted by atomic mass is 9.79. The number of hydrogen-bond acceptors (Lipinski definition) is 4. The molecule has 0 aliphatic carbocycles. The molecule has 118 valence electrons. The molecule has 1 unspecified atom stereocenters. The van der Waals surface area contributed by atoms with Gasteiger partial charge >= 0.3 is 5.97 Å². The van der Waals surface area contributed by atoms with Crippen LogP contribution >= 0.6 is 0 Å². The number of esters is 1. The Bertz CT molecular complexity index is 534. The Morgan fingerprint density at radius 1 is 1.10 bits per heavy atom. The fraction of sp³-hybridized carbons (Fsp3) is 0.588. The van der Waals surface area contributed by atoms with E-state index in [0.717, 1.165) is 11.1 Å². The first-order valence-electron chi connectivity index (χ1n) is 7.18. The van der Waals surface area contributed by atoms with E-state index in [0.29, 0.717) is 11.4 Å². The van der Waals surface area contributed by atoms with Crippen LogP contribution in [0.15, 0.2) is 12.1 Å². The standard InChI is InChI=1S/C17H27NO3/c1-10(19)15(20)21-14-9-13(18)11(16(2,3)4)8-12(14)17(5,6)7/h8-10,19H,18H2,1-7H3. The predicted molar refractivity (Wildman–Crippen MR) is 85.6 cm³/mol. The largest absolute Gasteiger partial charge is 0.424 e. The summed E-state index contributed by atoms with van der Waals surface area (Å²) in [5.74, 6) is -0.262. The third-order valence-corrected chi connectivity index (χ3v) is 3.32. The van der Waals surface area contributed by atoms with Crippen LogP contribution in [-0.2, 0) is 15.6 Å². The van der Waals surface area contributed by atoms with Gasteiger partial charge in [0.05, 0.1) is 0 Å². The lowest BCUT2D eigenvalue weighted by molar-refractivity contribution is -0.142. The molecule has 1 aromatic rings. The number of ether oxygens (including phenoxy) is 1. The number of anilines is 1. The highest BCUT2D eigenvalue weighted by Crippen LogP contribution is 2.39. The van der Waals surface area contributed by atoms with Gasteiger partial charge in [-0.05, 0) is 29.4 Å². The van der Waals surface area contributed by atoms with Crippen molar-refractivity contribution in [3.63, 3.8) is 0 Å². The van der Waals surface area contributed by atoms with E-state index in [4.69, 9.17) is 10.5 Å². The van der Waals surface area contributed by atoms with Crippen LogP contribution in [0.1, 0.15) is 59.6 Å². The summed E-state index contributed by atoms with van der Waals surface area (Å²) in [6.45, 7) is 13.8. The lowest BCUT2D eigenvalue weighted by Gasteiger charge is -2.28. The molecule has 0 amide bonds. The molecule has 0 bridgehead atoms. The van der Waals surface area contributed by atoms with Gasteiger partial charge in [0, 0.05) is 17.3 Å². The summed E-state index contributed by atoms with van der Waals surface area (Å²) in [5.41, 5.74) is 8.31. The molecule has 1 rings (SSSR count). The van der Waals surface area contributed by atoms with Crippen molar-refractivity contribution < 1.29 is 14.6 Å². The molecule has 0 aliphatic rings. The molecule has 21 heavy (non-hydrogen) atoms. The minimum absolute atomic E-state index is 0.100. The highest BCUT2D eigenvalue weighted by molar-refractivity contribution is 5.77. The second-order valence-electron chi connectivity index (χ2n) is 7.53. The Morgan fingerprint density at radius 2 is 1.57 bits per heavy atom. The first-order chi connectivity index (χ1) is 9.34. The van der Waals surface area contributed by atoms with Crippen LogP contribution in [0, 0.1) is 0 Å². The van der Waals surface area contributed by atoms with Crippen molar-refractivity contribution in [1.82, 2.24) is 0 Å². The lowest BCUT2D eigenvalue weighted by Crippen LogP contribution is -2.25. The van der Waals surface area contributed by atoms with E-state index in [1.807, 2.05) is 26.8 Å². The van der Waals surface area contributed by atoms with Gasteiger partial charge in [-0.15, -0.1) is 0 Å². The van der Waals surface area contributed by atoms with Crippen LogP contribution in [0.2, 0.25) is 0 Å². The van der Waals surface area contributed by atoms with Crippen LogP contribution < -0.4 is 10.5 Å². The van der Waals surface area contributed by atoms with Crippen LogP contribution in [0.25, 0.3) is 0 Å². The quantitative estimate of drug-likeness (QED) is 0.499. The number of carbonyl (C=O) groups excluding carboxylic acids is 1. The first kappa shape index (κ1) is 17.5.